The van der Waals surface area contributed by atoms with E-state index in [-0.39, 0.29) is 11.9 Å². The van der Waals surface area contributed by atoms with Crippen LogP contribution in [0.1, 0.15) is 86.0 Å². The van der Waals surface area contributed by atoms with Crippen LogP contribution in [0.3, 0.4) is 0 Å². The Morgan fingerprint density at radius 2 is 1.67 bits per heavy atom. The molecule has 0 atom stereocenters. The van der Waals surface area contributed by atoms with E-state index in [1.54, 1.807) is 0 Å². The molecule has 0 aliphatic carbocycles. The molecule has 5 heteroatoms. The minimum Gasteiger partial charge on any atom is -0.465 e. The number of ether oxygens (including phenoxy) is 1. The molecule has 0 bridgehead atoms. The Balaban J connectivity index is 2.51. The van der Waals surface area contributed by atoms with Gasteiger partial charge in [0, 0.05) is 11.3 Å². The van der Waals surface area contributed by atoms with E-state index in [1.165, 1.54) is 50.6 Å². The molecule has 0 saturated carbocycles. The summed E-state index contributed by atoms with van der Waals surface area (Å²) in [4.78, 5) is 25.2. The maximum Gasteiger partial charge on any atom is 0.341 e. The Hall–Kier alpha value is -1.36. The van der Waals surface area contributed by atoms with E-state index < -0.39 is 0 Å². The molecule has 136 valence electrons. The van der Waals surface area contributed by atoms with Gasteiger partial charge >= 0.3 is 5.97 Å². The molecule has 0 radical (unpaired) electrons. The molecule has 1 rings (SSSR count). The van der Waals surface area contributed by atoms with Crippen LogP contribution < -0.4 is 5.32 Å². The molecule has 1 aromatic rings. The maximum absolute atomic E-state index is 12.2. The fraction of sp³-hybridized carbons (Fsp3) is 0.684. The summed E-state index contributed by atoms with van der Waals surface area (Å²) in [6, 6.07) is 0. The summed E-state index contributed by atoms with van der Waals surface area (Å²) in [5, 5.41) is 3.54. The van der Waals surface area contributed by atoms with E-state index in [4.69, 9.17) is 4.74 Å². The van der Waals surface area contributed by atoms with Crippen LogP contribution in [0.4, 0.5) is 5.00 Å². The molecule has 1 N–H and O–H groups in total. The summed E-state index contributed by atoms with van der Waals surface area (Å²) in [6.45, 7) is 6.19. The lowest BCUT2D eigenvalue weighted by Crippen LogP contribution is -2.14. The largest absolute Gasteiger partial charge is 0.465 e. The highest BCUT2D eigenvalue weighted by Gasteiger charge is 2.22. The van der Waals surface area contributed by atoms with Crippen LogP contribution >= 0.6 is 11.3 Å². The quantitative estimate of drug-likeness (QED) is 0.423. The molecule has 1 aromatic heterocycles. The molecule has 0 aromatic carbocycles. The molecule has 0 aliphatic heterocycles. The van der Waals surface area contributed by atoms with Crippen molar-refractivity contribution in [3.63, 3.8) is 0 Å². The number of hydrogen-bond acceptors (Lipinski definition) is 4. The third kappa shape index (κ3) is 6.27. The molecule has 1 amide bonds. The van der Waals surface area contributed by atoms with Gasteiger partial charge in [0.15, 0.2) is 0 Å². The summed E-state index contributed by atoms with van der Waals surface area (Å²) in [5.74, 6) is -0.389. The Morgan fingerprint density at radius 1 is 1.04 bits per heavy atom. The second-order valence-corrected chi connectivity index (χ2v) is 7.33. The number of thiophene rings is 1. The lowest BCUT2D eigenvalue weighted by atomic mass is 10.1. The normalized spacial score (nSPS) is 10.7. The van der Waals surface area contributed by atoms with Crippen molar-refractivity contribution in [1.29, 1.82) is 0 Å². The second-order valence-electron chi connectivity index (χ2n) is 6.11. The van der Waals surface area contributed by atoms with Crippen molar-refractivity contribution in [3.8, 4) is 0 Å². The molecule has 0 unspecified atom stereocenters. The molecule has 0 saturated heterocycles. The molecule has 1 heterocycles. The summed E-state index contributed by atoms with van der Waals surface area (Å²) in [5.41, 5.74) is 1.49. The predicted molar refractivity (Wildman–Crippen MR) is 101 cm³/mol. The van der Waals surface area contributed by atoms with E-state index in [9.17, 15) is 9.59 Å². The lowest BCUT2D eigenvalue weighted by molar-refractivity contribution is -0.116. The van der Waals surface area contributed by atoms with Crippen molar-refractivity contribution in [2.24, 2.45) is 0 Å². The Morgan fingerprint density at radius 3 is 2.25 bits per heavy atom. The molecule has 0 spiro atoms. The number of carbonyl (C=O) groups excluding carboxylic acids is 2. The summed E-state index contributed by atoms with van der Waals surface area (Å²) in [6.07, 6.45) is 9.54. The number of amides is 1. The summed E-state index contributed by atoms with van der Waals surface area (Å²) in [7, 11) is 1.37. The topological polar surface area (TPSA) is 55.4 Å². The zero-order valence-corrected chi connectivity index (χ0v) is 16.3. The third-order valence-corrected chi connectivity index (χ3v) is 5.28. The van der Waals surface area contributed by atoms with Crippen LogP contribution in [0, 0.1) is 6.92 Å². The summed E-state index contributed by atoms with van der Waals surface area (Å²) >= 11 is 1.46. The van der Waals surface area contributed by atoms with Crippen molar-refractivity contribution >= 4 is 28.2 Å². The van der Waals surface area contributed by atoms with E-state index in [1.807, 2.05) is 13.8 Å². The number of anilines is 1. The van der Waals surface area contributed by atoms with Gasteiger partial charge in [0.05, 0.1) is 12.7 Å². The van der Waals surface area contributed by atoms with Crippen molar-refractivity contribution in [2.75, 3.05) is 12.4 Å². The maximum atomic E-state index is 12.2. The number of unbranched alkanes of at least 4 members (excludes halogenated alkanes) is 6. The number of esters is 1. The standard InChI is InChI=1S/C19H31NO3S/c1-5-7-8-9-10-11-12-13-16(21)20-18-17(19(22)23-4)15(6-2)14(3)24-18/h5-13H2,1-4H3,(H,20,21). The minimum absolute atomic E-state index is 0.0161. The number of rotatable bonds is 11. The van der Waals surface area contributed by atoms with Crippen LogP contribution in [0.25, 0.3) is 0 Å². The van der Waals surface area contributed by atoms with Gasteiger partial charge < -0.3 is 10.1 Å². The van der Waals surface area contributed by atoms with Crippen LogP contribution in [-0.2, 0) is 16.0 Å². The van der Waals surface area contributed by atoms with Gasteiger partial charge in [-0.15, -0.1) is 11.3 Å². The van der Waals surface area contributed by atoms with Gasteiger partial charge in [-0.1, -0.05) is 52.4 Å². The monoisotopic (exact) mass is 353 g/mol. The zero-order valence-electron chi connectivity index (χ0n) is 15.5. The fourth-order valence-electron chi connectivity index (χ4n) is 2.84. The average Bonchev–Trinajstić information content (AvgIpc) is 2.88. The Kier molecular flexibility index (Phi) is 9.69. The molecule has 24 heavy (non-hydrogen) atoms. The third-order valence-electron chi connectivity index (χ3n) is 4.21. The van der Waals surface area contributed by atoms with E-state index in [0.29, 0.717) is 17.0 Å². The fourth-order valence-corrected chi connectivity index (χ4v) is 3.99. The van der Waals surface area contributed by atoms with Crippen molar-refractivity contribution in [3.05, 3.63) is 16.0 Å². The number of methoxy groups -OCH3 is 1. The van der Waals surface area contributed by atoms with Gasteiger partial charge in [0.1, 0.15) is 5.00 Å². The lowest BCUT2D eigenvalue weighted by Gasteiger charge is -2.07. The van der Waals surface area contributed by atoms with E-state index >= 15 is 0 Å². The van der Waals surface area contributed by atoms with Gasteiger partial charge in [-0.25, -0.2) is 4.79 Å². The van der Waals surface area contributed by atoms with Crippen LogP contribution in [0.5, 0.6) is 0 Å². The van der Waals surface area contributed by atoms with E-state index in [0.717, 1.165) is 29.7 Å². The number of hydrogen-bond donors (Lipinski definition) is 1. The first kappa shape index (κ1) is 20.7. The molecule has 4 nitrogen and oxygen atoms in total. The average molecular weight is 354 g/mol. The van der Waals surface area contributed by atoms with Crippen LogP contribution in [0.2, 0.25) is 0 Å². The minimum atomic E-state index is -0.373. The first-order valence-electron chi connectivity index (χ1n) is 9.05. The first-order chi connectivity index (χ1) is 11.5. The zero-order chi connectivity index (χ0) is 17.9. The van der Waals surface area contributed by atoms with Crippen molar-refractivity contribution < 1.29 is 14.3 Å². The predicted octanol–water partition coefficient (Wildman–Crippen LogP) is 5.48. The Labute approximate surface area is 150 Å². The molecule has 0 fully saturated rings. The number of aryl methyl sites for hydroxylation is 1. The van der Waals surface area contributed by atoms with Crippen LogP contribution in [0.15, 0.2) is 0 Å². The highest BCUT2D eigenvalue weighted by Crippen LogP contribution is 2.34. The highest BCUT2D eigenvalue weighted by molar-refractivity contribution is 7.16. The van der Waals surface area contributed by atoms with Crippen molar-refractivity contribution in [2.45, 2.75) is 78.6 Å². The van der Waals surface area contributed by atoms with Gasteiger partial charge in [-0.05, 0) is 25.3 Å². The number of carbonyl (C=O) groups is 2. The second kappa shape index (κ2) is 11.2. The molecular weight excluding hydrogens is 322 g/mol. The summed E-state index contributed by atoms with van der Waals surface area (Å²) < 4.78 is 4.88. The van der Waals surface area contributed by atoms with Gasteiger partial charge in [0.2, 0.25) is 5.91 Å². The number of nitrogens with one attached hydrogen (secondary N) is 1. The highest BCUT2D eigenvalue weighted by atomic mass is 32.1. The Bertz CT molecular complexity index is 537. The SMILES string of the molecule is CCCCCCCCCC(=O)Nc1sc(C)c(CC)c1C(=O)OC. The van der Waals surface area contributed by atoms with Gasteiger partial charge in [-0.2, -0.15) is 0 Å². The molecule has 0 aliphatic rings. The smallest absolute Gasteiger partial charge is 0.341 e. The van der Waals surface area contributed by atoms with Crippen molar-refractivity contribution in [1.82, 2.24) is 0 Å². The van der Waals surface area contributed by atoms with Crippen LogP contribution in [-0.4, -0.2) is 19.0 Å². The van der Waals surface area contributed by atoms with Gasteiger partial charge in [0.25, 0.3) is 0 Å². The first-order valence-corrected chi connectivity index (χ1v) is 9.87. The van der Waals surface area contributed by atoms with Gasteiger partial charge in [-0.3, -0.25) is 4.79 Å². The molecular formula is C19H31NO3S. The van der Waals surface area contributed by atoms with E-state index in [2.05, 4.69) is 12.2 Å².